The minimum Gasteiger partial charge on any atom is -0.454 e. The fourth-order valence-corrected chi connectivity index (χ4v) is 1.99. The first kappa shape index (κ1) is 14.7. The highest BCUT2D eigenvalue weighted by atomic mass is 35.5. The second-order valence-electron chi connectivity index (χ2n) is 5.30. The third-order valence-corrected chi connectivity index (χ3v) is 3.50. The molecule has 4 nitrogen and oxygen atoms in total. The van der Waals surface area contributed by atoms with Gasteiger partial charge in [0.1, 0.15) is 0 Å². The first-order chi connectivity index (χ1) is 9.41. The number of ether oxygens (including phenoxy) is 2. The number of nitrogens with one attached hydrogen (secondary N) is 1. The lowest BCUT2D eigenvalue weighted by molar-refractivity contribution is -0.117. The van der Waals surface area contributed by atoms with Gasteiger partial charge in [0, 0.05) is 11.6 Å². The zero-order chi connectivity index (χ0) is 14.8. The van der Waals surface area contributed by atoms with Gasteiger partial charge in [-0.3, -0.25) is 4.79 Å². The van der Waals surface area contributed by atoms with Gasteiger partial charge in [-0.05, 0) is 44.0 Å². The molecule has 1 N–H and O–H groups in total. The van der Waals surface area contributed by atoms with Crippen molar-refractivity contribution in [3.05, 3.63) is 28.8 Å². The zero-order valence-corrected chi connectivity index (χ0v) is 12.6. The van der Waals surface area contributed by atoms with Crippen molar-refractivity contribution in [3.8, 4) is 11.5 Å². The van der Waals surface area contributed by atoms with Crippen LogP contribution in [0.15, 0.2) is 18.2 Å². The molecule has 0 saturated carbocycles. The van der Waals surface area contributed by atoms with Gasteiger partial charge in [0.05, 0.1) is 5.02 Å². The molecule has 108 valence electrons. The van der Waals surface area contributed by atoms with Gasteiger partial charge in [-0.2, -0.15) is 0 Å². The Hall–Kier alpha value is -1.68. The molecule has 0 unspecified atom stereocenters. The van der Waals surface area contributed by atoms with Gasteiger partial charge in [0.2, 0.25) is 12.7 Å². The number of benzene rings is 1. The van der Waals surface area contributed by atoms with E-state index in [1.54, 1.807) is 18.2 Å². The molecule has 1 aromatic carbocycles. The highest BCUT2D eigenvalue weighted by Gasteiger charge is 2.18. The Bertz CT molecular complexity index is 552. The van der Waals surface area contributed by atoms with Crippen LogP contribution in [0.3, 0.4) is 0 Å². The smallest absolute Gasteiger partial charge is 0.244 e. The maximum Gasteiger partial charge on any atom is 0.244 e. The fraction of sp³-hybridized carbons (Fsp3) is 0.400. The number of halogens is 1. The second-order valence-corrected chi connectivity index (χ2v) is 5.70. The van der Waals surface area contributed by atoms with E-state index in [0.717, 1.165) is 12.0 Å². The Morgan fingerprint density at radius 1 is 1.45 bits per heavy atom. The van der Waals surface area contributed by atoms with Crippen molar-refractivity contribution in [2.45, 2.75) is 32.7 Å². The van der Waals surface area contributed by atoms with Crippen LogP contribution in [0.25, 0.3) is 6.08 Å². The van der Waals surface area contributed by atoms with E-state index in [1.165, 1.54) is 6.08 Å². The number of carbonyl (C=O) groups is 1. The van der Waals surface area contributed by atoms with Crippen LogP contribution in [0.4, 0.5) is 0 Å². The van der Waals surface area contributed by atoms with E-state index in [-0.39, 0.29) is 18.2 Å². The van der Waals surface area contributed by atoms with Gasteiger partial charge in [0.15, 0.2) is 11.5 Å². The molecule has 0 fully saturated rings. The number of hydrogen-bond donors (Lipinski definition) is 1. The van der Waals surface area contributed by atoms with Crippen molar-refractivity contribution in [2.24, 2.45) is 0 Å². The number of fused-ring (bicyclic) bond motifs is 1. The van der Waals surface area contributed by atoms with Crippen molar-refractivity contribution in [2.75, 3.05) is 6.79 Å². The van der Waals surface area contributed by atoms with E-state index in [4.69, 9.17) is 21.1 Å². The Morgan fingerprint density at radius 2 is 2.20 bits per heavy atom. The molecule has 0 saturated heterocycles. The van der Waals surface area contributed by atoms with Gasteiger partial charge in [-0.15, -0.1) is 0 Å². The van der Waals surface area contributed by atoms with E-state index < -0.39 is 0 Å². The highest BCUT2D eigenvalue weighted by Crippen LogP contribution is 2.40. The first-order valence-corrected chi connectivity index (χ1v) is 6.88. The predicted octanol–water partition coefficient (Wildman–Crippen LogP) is 3.39. The van der Waals surface area contributed by atoms with Crippen molar-refractivity contribution in [3.63, 3.8) is 0 Å². The van der Waals surface area contributed by atoms with Crippen LogP contribution in [0.1, 0.15) is 32.8 Å². The van der Waals surface area contributed by atoms with Crippen LogP contribution in [-0.4, -0.2) is 18.2 Å². The van der Waals surface area contributed by atoms with Gasteiger partial charge >= 0.3 is 0 Å². The molecule has 1 amide bonds. The van der Waals surface area contributed by atoms with Crippen LogP contribution >= 0.6 is 11.6 Å². The zero-order valence-electron chi connectivity index (χ0n) is 11.8. The molecule has 1 aromatic rings. The summed E-state index contributed by atoms with van der Waals surface area (Å²) in [7, 11) is 0. The summed E-state index contributed by atoms with van der Waals surface area (Å²) < 4.78 is 10.5. The second kappa shape index (κ2) is 5.75. The minimum absolute atomic E-state index is 0.134. The number of hydrogen-bond acceptors (Lipinski definition) is 3. The minimum atomic E-state index is -0.214. The van der Waals surface area contributed by atoms with Gasteiger partial charge in [-0.1, -0.05) is 18.5 Å². The molecule has 5 heteroatoms. The van der Waals surface area contributed by atoms with Crippen LogP contribution in [0, 0.1) is 0 Å². The Labute approximate surface area is 123 Å². The lowest BCUT2D eigenvalue weighted by atomic mass is 10.0. The largest absolute Gasteiger partial charge is 0.454 e. The van der Waals surface area contributed by atoms with Crippen LogP contribution in [0.5, 0.6) is 11.5 Å². The van der Waals surface area contributed by atoms with Crippen molar-refractivity contribution in [1.29, 1.82) is 0 Å². The third-order valence-electron chi connectivity index (χ3n) is 3.22. The summed E-state index contributed by atoms with van der Waals surface area (Å²) in [5.41, 5.74) is 0.581. The summed E-state index contributed by atoms with van der Waals surface area (Å²) in [5, 5.41) is 3.41. The topological polar surface area (TPSA) is 47.6 Å². The standard InChI is InChI=1S/C15H18ClNO3/c1-4-15(2,3)17-13(18)6-5-10-7-11(16)14-12(8-10)19-9-20-14/h5-8H,4,9H2,1-3H3,(H,17,18)/b6-5-. The summed E-state index contributed by atoms with van der Waals surface area (Å²) in [4.78, 5) is 11.8. The van der Waals surface area contributed by atoms with Crippen molar-refractivity contribution < 1.29 is 14.3 Å². The van der Waals surface area contributed by atoms with E-state index in [2.05, 4.69) is 5.32 Å². The number of carbonyl (C=O) groups excluding carboxylic acids is 1. The molecule has 0 atom stereocenters. The molecule has 0 spiro atoms. The molecular formula is C15H18ClNO3. The van der Waals surface area contributed by atoms with E-state index in [1.807, 2.05) is 20.8 Å². The summed E-state index contributed by atoms with van der Waals surface area (Å²) >= 11 is 6.08. The molecule has 20 heavy (non-hydrogen) atoms. The lowest BCUT2D eigenvalue weighted by Crippen LogP contribution is -2.41. The maximum atomic E-state index is 11.8. The number of amides is 1. The van der Waals surface area contributed by atoms with Crippen molar-refractivity contribution >= 4 is 23.6 Å². The Kier molecular flexibility index (Phi) is 4.23. The molecule has 1 aliphatic rings. The van der Waals surface area contributed by atoms with Crippen LogP contribution < -0.4 is 14.8 Å². The average molecular weight is 296 g/mol. The molecule has 0 aromatic heterocycles. The molecule has 1 heterocycles. The Balaban J connectivity index is 2.09. The van der Waals surface area contributed by atoms with Crippen molar-refractivity contribution in [1.82, 2.24) is 5.32 Å². The molecule has 1 aliphatic heterocycles. The molecular weight excluding hydrogens is 278 g/mol. The Morgan fingerprint density at radius 3 is 2.90 bits per heavy atom. The summed E-state index contributed by atoms with van der Waals surface area (Å²) in [6, 6.07) is 3.53. The fourth-order valence-electron chi connectivity index (χ4n) is 1.72. The SMILES string of the molecule is CCC(C)(C)NC(=O)/C=C\c1cc(Cl)c2c(c1)OCO2. The lowest BCUT2D eigenvalue weighted by Gasteiger charge is -2.23. The maximum absolute atomic E-state index is 11.8. The average Bonchev–Trinajstić information content (AvgIpc) is 2.85. The monoisotopic (exact) mass is 295 g/mol. The van der Waals surface area contributed by atoms with Gasteiger partial charge < -0.3 is 14.8 Å². The summed E-state index contributed by atoms with van der Waals surface area (Å²) in [5.74, 6) is 1.03. The van der Waals surface area contributed by atoms with Gasteiger partial charge in [-0.25, -0.2) is 0 Å². The van der Waals surface area contributed by atoms with E-state index in [9.17, 15) is 4.79 Å². The molecule has 2 rings (SSSR count). The normalized spacial score (nSPS) is 13.8. The third kappa shape index (κ3) is 3.45. The van der Waals surface area contributed by atoms with Crippen LogP contribution in [-0.2, 0) is 4.79 Å². The summed E-state index contributed by atoms with van der Waals surface area (Å²) in [6.07, 6.45) is 4.06. The molecule has 0 aliphatic carbocycles. The van der Waals surface area contributed by atoms with E-state index >= 15 is 0 Å². The first-order valence-electron chi connectivity index (χ1n) is 6.50. The predicted molar refractivity (Wildman–Crippen MR) is 79.1 cm³/mol. The summed E-state index contributed by atoms with van der Waals surface area (Å²) in [6.45, 7) is 6.17. The quantitative estimate of drug-likeness (QED) is 0.866. The number of rotatable bonds is 4. The highest BCUT2D eigenvalue weighted by molar-refractivity contribution is 6.32. The van der Waals surface area contributed by atoms with Gasteiger partial charge in [0.25, 0.3) is 0 Å². The molecule has 0 radical (unpaired) electrons. The molecule has 0 bridgehead atoms. The van der Waals surface area contributed by atoms with E-state index in [0.29, 0.717) is 16.5 Å². The van der Waals surface area contributed by atoms with Crippen LogP contribution in [0.2, 0.25) is 5.02 Å².